The molecule has 20 heavy (non-hydrogen) atoms. The Balaban J connectivity index is 1.96. The fourth-order valence-corrected chi connectivity index (χ4v) is 2.43. The number of carboxylic acid groups (broad SMARTS) is 1. The first-order valence-corrected chi connectivity index (χ1v) is 6.99. The topological polar surface area (TPSA) is 78.4 Å². The number of hydrogen-bond donors (Lipinski definition) is 3. The highest BCUT2D eigenvalue weighted by atomic mass is 16.4. The van der Waals surface area contributed by atoms with Crippen molar-refractivity contribution in [2.75, 3.05) is 18.4 Å². The largest absolute Gasteiger partial charge is 0.481 e. The van der Waals surface area contributed by atoms with Gasteiger partial charge in [0.05, 0.1) is 5.92 Å². The molecule has 0 spiro atoms. The van der Waals surface area contributed by atoms with Gasteiger partial charge in [-0.05, 0) is 36.6 Å². The van der Waals surface area contributed by atoms with Gasteiger partial charge in [-0.15, -0.1) is 0 Å². The van der Waals surface area contributed by atoms with Crippen LogP contribution < -0.4 is 10.6 Å². The molecule has 3 N–H and O–H groups in total. The Labute approximate surface area is 118 Å². The van der Waals surface area contributed by atoms with Crippen molar-refractivity contribution in [1.82, 2.24) is 5.32 Å². The van der Waals surface area contributed by atoms with Crippen molar-refractivity contribution < 1.29 is 14.7 Å². The maximum atomic E-state index is 12.1. The first kappa shape index (κ1) is 14.4. The molecule has 0 aromatic heterocycles. The Morgan fingerprint density at radius 2 is 2.25 bits per heavy atom. The minimum atomic E-state index is -0.856. The van der Waals surface area contributed by atoms with Crippen molar-refractivity contribution in [3.63, 3.8) is 0 Å². The van der Waals surface area contributed by atoms with Crippen molar-refractivity contribution in [2.24, 2.45) is 5.92 Å². The molecule has 5 nitrogen and oxygen atoms in total. The van der Waals surface area contributed by atoms with Crippen LogP contribution in [-0.2, 0) is 11.2 Å². The number of anilines is 1. The maximum Gasteiger partial charge on any atom is 0.308 e. The number of carbonyl (C=O) groups excluding carboxylic acids is 1. The molecule has 108 valence electrons. The molecule has 5 heteroatoms. The minimum absolute atomic E-state index is 0.178. The van der Waals surface area contributed by atoms with Crippen LogP contribution in [-0.4, -0.2) is 30.1 Å². The Kier molecular flexibility index (Phi) is 4.61. The third kappa shape index (κ3) is 3.29. The summed E-state index contributed by atoms with van der Waals surface area (Å²) in [5.74, 6) is -1.58. The monoisotopic (exact) mass is 276 g/mol. The third-order valence-electron chi connectivity index (χ3n) is 3.57. The Morgan fingerprint density at radius 1 is 1.45 bits per heavy atom. The van der Waals surface area contributed by atoms with Crippen LogP contribution in [0.3, 0.4) is 0 Å². The number of fused-ring (bicyclic) bond motifs is 1. The lowest BCUT2D eigenvalue weighted by atomic mass is 10.0. The normalized spacial score (nSPS) is 14.2. The Bertz CT molecular complexity index is 514. The van der Waals surface area contributed by atoms with E-state index in [1.807, 2.05) is 19.1 Å². The van der Waals surface area contributed by atoms with E-state index >= 15 is 0 Å². The third-order valence-corrected chi connectivity index (χ3v) is 3.57. The summed E-state index contributed by atoms with van der Waals surface area (Å²) < 4.78 is 0. The predicted octanol–water partition coefficient (Wildman–Crippen LogP) is 1.89. The van der Waals surface area contributed by atoms with Crippen molar-refractivity contribution in [3.8, 4) is 0 Å². The van der Waals surface area contributed by atoms with Crippen LogP contribution in [0.2, 0.25) is 0 Å². The lowest BCUT2D eigenvalue weighted by Gasteiger charge is -2.12. The van der Waals surface area contributed by atoms with E-state index in [4.69, 9.17) is 5.11 Å². The van der Waals surface area contributed by atoms with E-state index in [9.17, 15) is 9.59 Å². The number of benzene rings is 1. The molecule has 1 aromatic carbocycles. The average Bonchev–Trinajstić information content (AvgIpc) is 2.89. The highest BCUT2D eigenvalue weighted by Crippen LogP contribution is 2.22. The molecule has 1 aromatic rings. The molecule has 1 amide bonds. The van der Waals surface area contributed by atoms with Gasteiger partial charge in [0.2, 0.25) is 0 Å². The van der Waals surface area contributed by atoms with E-state index in [2.05, 4.69) is 10.6 Å². The molecule has 1 aliphatic heterocycles. The zero-order valence-electron chi connectivity index (χ0n) is 11.6. The number of amides is 1. The highest BCUT2D eigenvalue weighted by molar-refractivity contribution is 5.95. The van der Waals surface area contributed by atoms with Gasteiger partial charge in [-0.3, -0.25) is 9.59 Å². The first-order valence-electron chi connectivity index (χ1n) is 6.99. The summed E-state index contributed by atoms with van der Waals surface area (Å²) in [4.78, 5) is 23.1. The van der Waals surface area contributed by atoms with E-state index in [1.165, 1.54) is 0 Å². The first-order chi connectivity index (χ1) is 9.61. The molecular formula is C15H20N2O3. The van der Waals surface area contributed by atoms with Gasteiger partial charge in [-0.25, -0.2) is 0 Å². The molecule has 1 atom stereocenters. The number of rotatable bonds is 6. The second-order valence-electron chi connectivity index (χ2n) is 5.08. The molecule has 0 saturated carbocycles. The predicted molar refractivity (Wildman–Crippen MR) is 77.0 cm³/mol. The lowest BCUT2D eigenvalue weighted by Crippen LogP contribution is -2.32. The number of aliphatic carboxylic acids is 1. The second kappa shape index (κ2) is 6.41. The SMILES string of the molecule is CCCC(CNC(=O)c1ccc2c(c1)CCN2)C(=O)O. The van der Waals surface area contributed by atoms with Crippen LogP contribution in [0.25, 0.3) is 0 Å². The minimum Gasteiger partial charge on any atom is -0.481 e. The molecule has 0 saturated heterocycles. The summed E-state index contributed by atoms with van der Waals surface area (Å²) in [6, 6.07) is 5.54. The quantitative estimate of drug-likeness (QED) is 0.741. The van der Waals surface area contributed by atoms with E-state index in [0.29, 0.717) is 12.0 Å². The highest BCUT2D eigenvalue weighted by Gasteiger charge is 2.18. The Hall–Kier alpha value is -2.04. The summed E-state index contributed by atoms with van der Waals surface area (Å²) in [5.41, 5.74) is 2.81. The van der Waals surface area contributed by atoms with Crippen LogP contribution in [0.5, 0.6) is 0 Å². The molecule has 1 unspecified atom stereocenters. The van der Waals surface area contributed by atoms with Crippen LogP contribution in [0.15, 0.2) is 18.2 Å². The molecule has 0 fully saturated rings. The van der Waals surface area contributed by atoms with Crippen molar-refractivity contribution in [1.29, 1.82) is 0 Å². The van der Waals surface area contributed by atoms with Crippen molar-refractivity contribution >= 4 is 17.6 Å². The van der Waals surface area contributed by atoms with Crippen LogP contribution in [0, 0.1) is 5.92 Å². The van der Waals surface area contributed by atoms with E-state index in [0.717, 1.165) is 30.6 Å². The van der Waals surface area contributed by atoms with Gasteiger partial charge >= 0.3 is 5.97 Å². The van der Waals surface area contributed by atoms with E-state index in [-0.39, 0.29) is 12.5 Å². The fraction of sp³-hybridized carbons (Fsp3) is 0.467. The lowest BCUT2D eigenvalue weighted by molar-refractivity contribution is -0.141. The van der Waals surface area contributed by atoms with Gasteiger partial charge in [0.1, 0.15) is 0 Å². The van der Waals surface area contributed by atoms with Crippen molar-refractivity contribution in [2.45, 2.75) is 26.2 Å². The molecule has 1 aliphatic rings. The zero-order valence-corrected chi connectivity index (χ0v) is 11.6. The molecule has 0 radical (unpaired) electrons. The number of carbonyl (C=O) groups is 2. The molecule has 0 aliphatic carbocycles. The number of nitrogens with one attached hydrogen (secondary N) is 2. The zero-order chi connectivity index (χ0) is 14.5. The molecular weight excluding hydrogens is 256 g/mol. The standard InChI is InChI=1S/C15H20N2O3/c1-2-3-12(15(19)20)9-17-14(18)11-4-5-13-10(8-11)6-7-16-13/h4-5,8,12,16H,2-3,6-7,9H2,1H3,(H,17,18)(H,19,20). The van der Waals surface area contributed by atoms with Crippen LogP contribution in [0.1, 0.15) is 35.7 Å². The summed E-state index contributed by atoms with van der Waals surface area (Å²) >= 11 is 0. The van der Waals surface area contributed by atoms with Crippen LogP contribution in [0.4, 0.5) is 5.69 Å². The van der Waals surface area contributed by atoms with Gasteiger partial charge in [0.15, 0.2) is 0 Å². The van der Waals surface area contributed by atoms with Gasteiger partial charge in [-0.1, -0.05) is 13.3 Å². The van der Waals surface area contributed by atoms with Gasteiger partial charge in [0.25, 0.3) is 5.91 Å². The van der Waals surface area contributed by atoms with Gasteiger partial charge < -0.3 is 15.7 Å². The summed E-state index contributed by atoms with van der Waals surface area (Å²) in [7, 11) is 0. The molecule has 1 heterocycles. The van der Waals surface area contributed by atoms with E-state index in [1.54, 1.807) is 6.07 Å². The average molecular weight is 276 g/mol. The molecule has 2 rings (SSSR count). The Morgan fingerprint density at radius 3 is 2.95 bits per heavy atom. The number of hydrogen-bond acceptors (Lipinski definition) is 3. The van der Waals surface area contributed by atoms with Gasteiger partial charge in [0, 0.05) is 24.3 Å². The van der Waals surface area contributed by atoms with Gasteiger partial charge in [-0.2, -0.15) is 0 Å². The van der Waals surface area contributed by atoms with Crippen molar-refractivity contribution in [3.05, 3.63) is 29.3 Å². The summed E-state index contributed by atoms with van der Waals surface area (Å²) in [6.07, 6.45) is 2.28. The summed E-state index contributed by atoms with van der Waals surface area (Å²) in [6.45, 7) is 3.01. The van der Waals surface area contributed by atoms with Crippen LogP contribution >= 0.6 is 0 Å². The second-order valence-corrected chi connectivity index (χ2v) is 5.08. The van der Waals surface area contributed by atoms with E-state index < -0.39 is 11.9 Å². The fourth-order valence-electron chi connectivity index (χ4n) is 2.43. The summed E-state index contributed by atoms with van der Waals surface area (Å²) in [5, 5.41) is 15.0. The smallest absolute Gasteiger partial charge is 0.308 e. The molecule has 0 bridgehead atoms. The maximum absolute atomic E-state index is 12.1. The number of carboxylic acids is 1.